The van der Waals surface area contributed by atoms with Gasteiger partial charge >= 0.3 is 0 Å². The Bertz CT molecular complexity index is 438. The molecular weight excluding hydrogens is 145 g/mol. The van der Waals surface area contributed by atoms with E-state index in [1.165, 1.54) is 21.9 Å². The lowest BCUT2D eigenvalue weighted by molar-refractivity contribution is 1.72. The molecule has 0 radical (unpaired) electrons. The molecule has 0 aliphatic heterocycles. The van der Waals surface area contributed by atoms with E-state index in [-0.39, 0.29) is 0 Å². The van der Waals surface area contributed by atoms with Crippen LogP contribution in [0, 0.1) is 0 Å². The van der Waals surface area contributed by atoms with Gasteiger partial charge in [0.25, 0.3) is 0 Å². The standard InChI is InChI=1S/C12H8/c1-3-9-4-2-6-11-8-7-10(5-1)12(9)11/h1-8H/i3+1. The number of hydrogen-bond donors (Lipinski definition) is 0. The maximum absolute atomic E-state index is 2.18. The second-order valence-corrected chi connectivity index (χ2v) is 3.13. The van der Waals surface area contributed by atoms with Crippen LogP contribution in [0.25, 0.3) is 22.9 Å². The van der Waals surface area contributed by atoms with Gasteiger partial charge in [0, 0.05) is 0 Å². The van der Waals surface area contributed by atoms with E-state index in [1.807, 2.05) is 0 Å². The molecule has 0 saturated carbocycles. The fraction of sp³-hybridized carbons (Fsp3) is 0. The molecule has 0 saturated heterocycles. The highest BCUT2D eigenvalue weighted by molar-refractivity contribution is 6.04. The Morgan fingerprint density at radius 3 is 1.83 bits per heavy atom. The minimum Gasteiger partial charge on any atom is -0.0610 e. The molecule has 3 rings (SSSR count). The molecule has 0 atom stereocenters. The van der Waals surface area contributed by atoms with Crippen molar-refractivity contribution in [1.82, 2.24) is 0 Å². The summed E-state index contributed by atoms with van der Waals surface area (Å²) in [6.45, 7) is 0. The van der Waals surface area contributed by atoms with Crippen molar-refractivity contribution in [3.63, 3.8) is 0 Å². The molecule has 0 N–H and O–H groups in total. The average molecular weight is 153 g/mol. The van der Waals surface area contributed by atoms with Crippen molar-refractivity contribution < 1.29 is 0 Å². The van der Waals surface area contributed by atoms with Crippen LogP contribution in [0.1, 0.15) is 11.1 Å². The molecule has 0 aromatic heterocycles. The predicted molar refractivity (Wildman–Crippen MR) is 52.9 cm³/mol. The molecule has 0 heteroatoms. The summed E-state index contributed by atoms with van der Waals surface area (Å²) in [4.78, 5) is 0. The van der Waals surface area contributed by atoms with E-state index in [0.717, 1.165) is 0 Å². The summed E-state index contributed by atoms with van der Waals surface area (Å²) < 4.78 is 0. The lowest BCUT2D eigenvalue weighted by atomic mass is 10.1. The number of benzene rings is 2. The summed E-state index contributed by atoms with van der Waals surface area (Å²) >= 11 is 0. The molecule has 0 fully saturated rings. The maximum atomic E-state index is 2.18. The van der Waals surface area contributed by atoms with E-state index >= 15 is 0 Å². The van der Waals surface area contributed by atoms with Crippen molar-refractivity contribution in [3.8, 4) is 0 Å². The van der Waals surface area contributed by atoms with Crippen molar-refractivity contribution in [2.45, 2.75) is 0 Å². The van der Waals surface area contributed by atoms with Gasteiger partial charge in [-0.15, -0.1) is 0 Å². The van der Waals surface area contributed by atoms with Crippen LogP contribution in [-0.4, -0.2) is 0 Å². The van der Waals surface area contributed by atoms with Gasteiger partial charge < -0.3 is 0 Å². The second-order valence-electron chi connectivity index (χ2n) is 3.13. The third-order valence-corrected chi connectivity index (χ3v) is 2.41. The average Bonchev–Trinajstić information content (AvgIpc) is 2.52. The molecule has 0 amide bonds. The summed E-state index contributed by atoms with van der Waals surface area (Å²) in [6.07, 6.45) is 4.36. The van der Waals surface area contributed by atoms with Crippen molar-refractivity contribution in [2.24, 2.45) is 0 Å². The lowest BCUT2D eigenvalue weighted by Gasteiger charge is -1.99. The highest BCUT2D eigenvalue weighted by Gasteiger charge is 2.06. The van der Waals surface area contributed by atoms with E-state index in [2.05, 4.69) is 48.6 Å². The number of hydrogen-bond acceptors (Lipinski definition) is 0. The van der Waals surface area contributed by atoms with Crippen LogP contribution in [0.3, 0.4) is 0 Å². The smallest absolute Gasteiger partial charge is 0.00389 e. The molecule has 0 heterocycles. The van der Waals surface area contributed by atoms with Crippen molar-refractivity contribution in [3.05, 3.63) is 47.5 Å². The molecule has 0 nitrogen and oxygen atoms in total. The second kappa shape index (κ2) is 1.98. The first-order valence-corrected chi connectivity index (χ1v) is 4.15. The van der Waals surface area contributed by atoms with Gasteiger partial charge in [0.15, 0.2) is 0 Å². The maximum Gasteiger partial charge on any atom is -0.00389 e. The molecule has 0 spiro atoms. The Morgan fingerprint density at radius 1 is 0.667 bits per heavy atom. The third-order valence-electron chi connectivity index (χ3n) is 2.41. The lowest BCUT2D eigenvalue weighted by Crippen LogP contribution is -1.76. The van der Waals surface area contributed by atoms with Crippen LogP contribution in [0.15, 0.2) is 36.4 Å². The molecule has 12 heavy (non-hydrogen) atoms. The summed E-state index contributed by atoms with van der Waals surface area (Å²) in [7, 11) is 0. The van der Waals surface area contributed by atoms with Gasteiger partial charge in [0.2, 0.25) is 0 Å². The molecule has 0 bridgehead atoms. The van der Waals surface area contributed by atoms with Gasteiger partial charge in [-0.05, 0) is 21.9 Å². The summed E-state index contributed by atoms with van der Waals surface area (Å²) in [5.74, 6) is 0. The predicted octanol–water partition coefficient (Wildman–Crippen LogP) is 3.32. The van der Waals surface area contributed by atoms with Crippen molar-refractivity contribution >= 4 is 22.9 Å². The molecule has 2 aromatic carbocycles. The van der Waals surface area contributed by atoms with Gasteiger partial charge in [0.05, 0.1) is 0 Å². The van der Waals surface area contributed by atoms with Crippen LogP contribution in [0.2, 0.25) is 0 Å². The fourth-order valence-corrected chi connectivity index (χ4v) is 1.86. The molecule has 1 aliphatic carbocycles. The Labute approximate surface area is 71.1 Å². The minimum atomic E-state index is 1.34. The molecule has 1 aliphatic rings. The van der Waals surface area contributed by atoms with Crippen molar-refractivity contribution in [1.29, 1.82) is 0 Å². The van der Waals surface area contributed by atoms with Gasteiger partial charge in [-0.3, -0.25) is 0 Å². The number of rotatable bonds is 0. The van der Waals surface area contributed by atoms with Crippen LogP contribution in [0.4, 0.5) is 0 Å². The summed E-state index contributed by atoms with van der Waals surface area (Å²) in [5.41, 5.74) is 2.70. The zero-order valence-corrected chi connectivity index (χ0v) is 6.62. The fourth-order valence-electron chi connectivity index (χ4n) is 1.86. The Hall–Kier alpha value is -1.56. The van der Waals surface area contributed by atoms with E-state index < -0.39 is 0 Å². The van der Waals surface area contributed by atoms with Crippen LogP contribution < -0.4 is 0 Å². The van der Waals surface area contributed by atoms with Crippen LogP contribution in [-0.2, 0) is 0 Å². The van der Waals surface area contributed by atoms with Crippen molar-refractivity contribution in [2.75, 3.05) is 0 Å². The third kappa shape index (κ3) is 0.620. The van der Waals surface area contributed by atoms with Gasteiger partial charge in [-0.2, -0.15) is 0 Å². The zero-order chi connectivity index (χ0) is 7.97. The molecule has 56 valence electrons. The topological polar surface area (TPSA) is 0 Å². The van der Waals surface area contributed by atoms with Crippen LogP contribution >= 0.6 is 0 Å². The first-order chi connectivity index (χ1) is 5.95. The summed E-state index contributed by atoms with van der Waals surface area (Å²) in [6, 6.07) is 12.9. The van der Waals surface area contributed by atoms with Gasteiger partial charge in [-0.25, -0.2) is 0 Å². The van der Waals surface area contributed by atoms with Gasteiger partial charge in [-0.1, -0.05) is 48.6 Å². The highest BCUT2D eigenvalue weighted by atomic mass is 14.2. The summed E-state index contributed by atoms with van der Waals surface area (Å²) in [5, 5.41) is 2.75. The Balaban J connectivity index is 2.64. The molecule has 0 unspecified atom stereocenters. The van der Waals surface area contributed by atoms with E-state index in [1.54, 1.807) is 0 Å². The van der Waals surface area contributed by atoms with E-state index in [0.29, 0.717) is 0 Å². The molecule has 2 aromatic rings. The molecular formula is C12H8. The normalized spacial score (nSPS) is 12.7. The SMILES string of the molecule is C1=Cc2cc[13cH]c3cccc1c23. The zero-order valence-electron chi connectivity index (χ0n) is 6.62. The highest BCUT2D eigenvalue weighted by Crippen LogP contribution is 2.30. The monoisotopic (exact) mass is 153 g/mol. The van der Waals surface area contributed by atoms with Crippen LogP contribution in [0.5, 0.6) is 0 Å². The quantitative estimate of drug-likeness (QED) is 0.464. The largest absolute Gasteiger partial charge is 0.0610 e. The minimum absolute atomic E-state index is 1.34. The Kier molecular flexibility index (Phi) is 0.991. The van der Waals surface area contributed by atoms with Gasteiger partial charge in [0.1, 0.15) is 0 Å². The van der Waals surface area contributed by atoms with E-state index in [4.69, 9.17) is 0 Å². The first-order valence-electron chi connectivity index (χ1n) is 4.15. The first kappa shape index (κ1) is 6.01. The van der Waals surface area contributed by atoms with E-state index in [9.17, 15) is 0 Å². The Morgan fingerprint density at radius 2 is 1.25 bits per heavy atom.